The lowest BCUT2D eigenvalue weighted by Crippen LogP contribution is -2.48. The van der Waals surface area contributed by atoms with Crippen molar-refractivity contribution in [2.24, 2.45) is 0 Å². The van der Waals surface area contributed by atoms with Gasteiger partial charge in [-0.2, -0.15) is 0 Å². The number of nitrogens with one attached hydrogen (secondary N) is 1. The Morgan fingerprint density at radius 2 is 1.80 bits per heavy atom. The monoisotopic (exact) mass is 448 g/mol. The van der Waals surface area contributed by atoms with Crippen molar-refractivity contribution in [2.75, 3.05) is 11.4 Å². The van der Waals surface area contributed by atoms with Crippen LogP contribution in [0.25, 0.3) is 0 Å². The first-order valence-electron chi connectivity index (χ1n) is 9.36. The molecule has 0 aliphatic carbocycles. The lowest BCUT2D eigenvalue weighted by molar-refractivity contribution is 0.518. The molecule has 1 atom stereocenters. The van der Waals surface area contributed by atoms with E-state index in [2.05, 4.69) is 4.72 Å². The first-order chi connectivity index (χ1) is 14.3. The molecule has 0 saturated carbocycles. The zero-order valence-corrected chi connectivity index (χ0v) is 17.4. The Hall–Kier alpha value is -2.48. The van der Waals surface area contributed by atoms with Gasteiger partial charge in [-0.05, 0) is 48.4 Å². The molecular formula is C22H19ClF2N2O2S. The Balaban J connectivity index is 1.63. The lowest BCUT2D eigenvalue weighted by atomic mass is 9.98. The molecule has 3 aromatic rings. The summed E-state index contributed by atoms with van der Waals surface area (Å²) < 4.78 is 55.8. The molecule has 0 saturated heterocycles. The summed E-state index contributed by atoms with van der Waals surface area (Å²) >= 11 is 6.15. The van der Waals surface area contributed by atoms with Gasteiger partial charge in [-0.25, -0.2) is 21.9 Å². The molecule has 1 heterocycles. The number of hydrogen-bond acceptors (Lipinski definition) is 3. The van der Waals surface area contributed by atoms with Gasteiger partial charge < -0.3 is 4.90 Å². The molecule has 3 aromatic carbocycles. The molecule has 1 aliphatic heterocycles. The zero-order chi connectivity index (χ0) is 21.3. The average Bonchev–Trinajstić information content (AvgIpc) is 2.70. The third-order valence-electron chi connectivity index (χ3n) is 5.04. The van der Waals surface area contributed by atoms with Crippen molar-refractivity contribution in [1.82, 2.24) is 4.72 Å². The van der Waals surface area contributed by atoms with Gasteiger partial charge in [0.2, 0.25) is 10.0 Å². The molecule has 4 nitrogen and oxygen atoms in total. The quantitative estimate of drug-likeness (QED) is 0.624. The van der Waals surface area contributed by atoms with Crippen molar-refractivity contribution in [2.45, 2.75) is 23.9 Å². The van der Waals surface area contributed by atoms with Crippen molar-refractivity contribution < 1.29 is 17.2 Å². The first kappa shape index (κ1) is 20.8. The summed E-state index contributed by atoms with van der Waals surface area (Å²) in [4.78, 5) is 2.06. The van der Waals surface area contributed by atoms with Crippen LogP contribution in [-0.2, 0) is 23.0 Å². The molecule has 8 heteroatoms. The normalized spacial score (nSPS) is 16.4. The Morgan fingerprint density at radius 1 is 1.03 bits per heavy atom. The minimum absolute atomic E-state index is 0.171. The minimum Gasteiger partial charge on any atom is -0.365 e. The number of anilines is 1. The molecule has 0 radical (unpaired) electrons. The van der Waals surface area contributed by atoms with E-state index >= 15 is 0 Å². The van der Waals surface area contributed by atoms with E-state index in [1.807, 2.05) is 11.0 Å². The van der Waals surface area contributed by atoms with Gasteiger partial charge >= 0.3 is 0 Å². The second kappa shape index (κ2) is 8.34. The highest BCUT2D eigenvalue weighted by atomic mass is 35.5. The Labute approximate surface area is 179 Å². The molecule has 156 valence electrons. The summed E-state index contributed by atoms with van der Waals surface area (Å²) in [5.74, 6) is -1.28. The number of fused-ring (bicyclic) bond motifs is 1. The van der Waals surface area contributed by atoms with E-state index in [4.69, 9.17) is 11.6 Å². The fourth-order valence-electron chi connectivity index (χ4n) is 3.69. The maximum absolute atomic E-state index is 14.2. The van der Waals surface area contributed by atoms with Crippen molar-refractivity contribution in [1.29, 1.82) is 0 Å². The van der Waals surface area contributed by atoms with Crippen LogP contribution < -0.4 is 9.62 Å². The number of nitrogens with zero attached hydrogens (tertiary/aromatic N) is 1. The van der Waals surface area contributed by atoms with Crippen LogP contribution in [0.5, 0.6) is 0 Å². The predicted molar refractivity (Wildman–Crippen MR) is 113 cm³/mol. The van der Waals surface area contributed by atoms with E-state index < -0.39 is 27.7 Å². The van der Waals surface area contributed by atoms with Gasteiger partial charge in [0.25, 0.3) is 0 Å². The highest BCUT2D eigenvalue weighted by Gasteiger charge is 2.29. The molecule has 1 N–H and O–H groups in total. The lowest BCUT2D eigenvalue weighted by Gasteiger charge is -2.36. The van der Waals surface area contributed by atoms with Gasteiger partial charge in [-0.3, -0.25) is 0 Å². The van der Waals surface area contributed by atoms with Crippen LogP contribution in [0.3, 0.4) is 0 Å². The van der Waals surface area contributed by atoms with E-state index in [0.717, 1.165) is 17.3 Å². The third-order valence-corrected chi connectivity index (χ3v) is 6.81. The molecule has 1 unspecified atom stereocenters. The van der Waals surface area contributed by atoms with Crippen molar-refractivity contribution in [3.8, 4) is 0 Å². The summed E-state index contributed by atoms with van der Waals surface area (Å²) in [5, 5.41) is 0.535. The fraction of sp³-hybridized carbons (Fsp3) is 0.182. The molecule has 0 fully saturated rings. The van der Waals surface area contributed by atoms with E-state index in [1.54, 1.807) is 30.3 Å². The van der Waals surface area contributed by atoms with E-state index in [9.17, 15) is 17.2 Å². The Morgan fingerprint density at radius 3 is 2.53 bits per heavy atom. The standard InChI is InChI=1S/C22H19ClF2N2O2S/c23-17-7-9-22-16(10-17)11-19(26-30(28,29)20-4-2-1-3-5-20)14-27(22)13-15-6-8-18(24)12-21(15)25/h1-10,12,19,26H,11,13-14H2. The number of rotatable bonds is 5. The number of benzene rings is 3. The van der Waals surface area contributed by atoms with E-state index in [-0.39, 0.29) is 11.4 Å². The maximum atomic E-state index is 14.2. The summed E-state index contributed by atoms with van der Waals surface area (Å²) in [6.45, 7) is 0.502. The summed E-state index contributed by atoms with van der Waals surface area (Å²) in [5.41, 5.74) is 2.03. The zero-order valence-electron chi connectivity index (χ0n) is 15.9. The van der Waals surface area contributed by atoms with Crippen molar-refractivity contribution in [3.05, 3.63) is 94.5 Å². The maximum Gasteiger partial charge on any atom is 0.240 e. The number of sulfonamides is 1. The second-order valence-corrected chi connectivity index (χ2v) is 9.38. The summed E-state index contributed by atoms with van der Waals surface area (Å²) in [6, 6.07) is 16.5. The summed E-state index contributed by atoms with van der Waals surface area (Å²) in [7, 11) is -3.72. The molecule has 30 heavy (non-hydrogen) atoms. The van der Waals surface area contributed by atoms with Gasteiger partial charge in [-0.15, -0.1) is 0 Å². The molecule has 1 aliphatic rings. The Kier molecular flexibility index (Phi) is 5.77. The van der Waals surface area contributed by atoms with E-state index in [1.165, 1.54) is 24.3 Å². The molecule has 0 amide bonds. The highest BCUT2D eigenvalue weighted by molar-refractivity contribution is 7.89. The van der Waals surface area contributed by atoms with E-state index in [0.29, 0.717) is 23.6 Å². The van der Waals surface area contributed by atoms with Crippen LogP contribution in [-0.4, -0.2) is 21.0 Å². The van der Waals surface area contributed by atoms with Crippen LogP contribution >= 0.6 is 11.6 Å². The molecule has 0 bridgehead atoms. The van der Waals surface area contributed by atoms with Gasteiger partial charge in [0, 0.05) is 41.5 Å². The first-order valence-corrected chi connectivity index (χ1v) is 11.2. The Bertz CT molecular complexity index is 1170. The fourth-order valence-corrected chi connectivity index (χ4v) is 5.13. The van der Waals surface area contributed by atoms with Crippen molar-refractivity contribution >= 4 is 27.3 Å². The van der Waals surface area contributed by atoms with Crippen molar-refractivity contribution in [3.63, 3.8) is 0 Å². The molecule has 0 spiro atoms. The highest BCUT2D eigenvalue weighted by Crippen LogP contribution is 2.32. The van der Waals surface area contributed by atoms with Gasteiger partial charge in [0.1, 0.15) is 11.6 Å². The van der Waals surface area contributed by atoms with Gasteiger partial charge in [-0.1, -0.05) is 35.9 Å². The average molecular weight is 449 g/mol. The predicted octanol–water partition coefficient (Wildman–Crippen LogP) is 4.53. The summed E-state index contributed by atoms with van der Waals surface area (Å²) in [6.07, 6.45) is 0.449. The van der Waals surface area contributed by atoms with Crippen LogP contribution in [0.15, 0.2) is 71.6 Å². The molecule has 0 aromatic heterocycles. The van der Waals surface area contributed by atoms with Crippen LogP contribution in [0.1, 0.15) is 11.1 Å². The smallest absolute Gasteiger partial charge is 0.240 e. The minimum atomic E-state index is -3.72. The largest absolute Gasteiger partial charge is 0.365 e. The molecule has 4 rings (SSSR count). The molecular weight excluding hydrogens is 430 g/mol. The number of hydrogen-bond donors (Lipinski definition) is 1. The van der Waals surface area contributed by atoms with Gasteiger partial charge in [0.15, 0.2) is 0 Å². The third kappa shape index (κ3) is 4.48. The second-order valence-electron chi connectivity index (χ2n) is 7.22. The van der Waals surface area contributed by atoms with Crippen LogP contribution in [0, 0.1) is 11.6 Å². The van der Waals surface area contributed by atoms with Crippen LogP contribution in [0.2, 0.25) is 5.02 Å². The van der Waals surface area contributed by atoms with Gasteiger partial charge in [0.05, 0.1) is 4.90 Å². The topological polar surface area (TPSA) is 49.4 Å². The number of halogens is 3. The van der Waals surface area contributed by atoms with Crippen LogP contribution in [0.4, 0.5) is 14.5 Å². The SMILES string of the molecule is O=S(=O)(NC1Cc2cc(Cl)ccc2N(Cc2ccc(F)cc2F)C1)c1ccccc1.